The Morgan fingerprint density at radius 3 is 2.29 bits per heavy atom. The zero-order chi connectivity index (χ0) is 21.8. The Labute approximate surface area is 183 Å². The number of carbonyl (C=O) groups is 2. The van der Waals surface area contributed by atoms with Gasteiger partial charge in [0.15, 0.2) is 0 Å². The lowest BCUT2D eigenvalue weighted by Crippen LogP contribution is -2.12. The minimum atomic E-state index is -0.932. The number of aromatic amines is 1. The van der Waals surface area contributed by atoms with Crippen molar-refractivity contribution >= 4 is 34.5 Å². The first-order valence-electron chi connectivity index (χ1n) is 9.71. The van der Waals surface area contributed by atoms with Crippen molar-refractivity contribution in [3.05, 3.63) is 95.2 Å². The van der Waals surface area contributed by atoms with Gasteiger partial charge in [0.05, 0.1) is 10.5 Å². The molecule has 0 bridgehead atoms. The Hall–Kier alpha value is -3.55. The van der Waals surface area contributed by atoms with Crippen LogP contribution in [0.3, 0.4) is 0 Å². The highest BCUT2D eigenvalue weighted by Gasteiger charge is 2.17. The smallest absolute Gasteiger partial charge is 0.335 e. The molecule has 0 aliphatic carbocycles. The van der Waals surface area contributed by atoms with E-state index in [0.717, 1.165) is 31.8 Å². The van der Waals surface area contributed by atoms with Crippen molar-refractivity contribution in [1.29, 1.82) is 0 Å². The molecule has 6 nitrogen and oxygen atoms in total. The van der Waals surface area contributed by atoms with Gasteiger partial charge in [0.1, 0.15) is 5.69 Å². The van der Waals surface area contributed by atoms with Gasteiger partial charge in [-0.05, 0) is 41.5 Å². The number of H-pyrrole nitrogens is 1. The summed E-state index contributed by atoms with van der Waals surface area (Å²) in [5.74, 6) is -1.42. The summed E-state index contributed by atoms with van der Waals surface area (Å²) in [4.78, 5) is 28.0. The summed E-state index contributed by atoms with van der Waals surface area (Å²) in [5.41, 5.74) is 9.22. The number of fused-ring (bicyclic) bond motifs is 1. The Kier molecular flexibility index (Phi) is 6.06. The van der Waals surface area contributed by atoms with E-state index in [4.69, 9.17) is 10.8 Å². The van der Waals surface area contributed by atoms with Gasteiger partial charge in [-0.15, -0.1) is 0 Å². The molecular weight excluding hydrogens is 410 g/mol. The van der Waals surface area contributed by atoms with E-state index in [0.29, 0.717) is 18.8 Å². The van der Waals surface area contributed by atoms with Crippen LogP contribution >= 0.6 is 11.8 Å². The molecule has 1 heterocycles. The van der Waals surface area contributed by atoms with Crippen LogP contribution in [0.4, 0.5) is 0 Å². The summed E-state index contributed by atoms with van der Waals surface area (Å²) in [6.07, 6.45) is 0. The van der Waals surface area contributed by atoms with Crippen LogP contribution in [-0.4, -0.2) is 22.0 Å². The normalized spacial score (nSPS) is 11.0. The summed E-state index contributed by atoms with van der Waals surface area (Å²) in [6.45, 7) is 1.24. The van der Waals surface area contributed by atoms with Gasteiger partial charge in [-0.1, -0.05) is 54.2 Å². The lowest BCUT2D eigenvalue weighted by molar-refractivity contribution is 0.0696. The molecular formula is C24H21N3O3S. The van der Waals surface area contributed by atoms with Gasteiger partial charge in [0, 0.05) is 28.9 Å². The van der Waals surface area contributed by atoms with Crippen LogP contribution in [0.1, 0.15) is 32.0 Å². The van der Waals surface area contributed by atoms with Crippen molar-refractivity contribution < 1.29 is 14.7 Å². The molecule has 7 heteroatoms. The summed E-state index contributed by atoms with van der Waals surface area (Å²) in [5, 5.41) is 13.3. The van der Waals surface area contributed by atoms with E-state index >= 15 is 0 Å². The van der Waals surface area contributed by atoms with Crippen LogP contribution in [0.5, 0.6) is 0 Å². The number of primary amides is 1. The minimum Gasteiger partial charge on any atom is -0.478 e. The number of aromatic nitrogens is 1. The van der Waals surface area contributed by atoms with E-state index in [1.165, 1.54) is 11.8 Å². The molecule has 5 N–H and O–H groups in total. The fraction of sp³-hybridized carbons (Fsp3) is 0.0833. The molecule has 0 atom stereocenters. The second-order valence-corrected chi connectivity index (χ2v) is 8.18. The number of carbonyl (C=O) groups excluding carboxylic acids is 1. The van der Waals surface area contributed by atoms with Crippen LogP contribution in [0, 0.1) is 0 Å². The van der Waals surface area contributed by atoms with Crippen molar-refractivity contribution in [2.24, 2.45) is 5.73 Å². The molecule has 1 aromatic heterocycles. The first kappa shape index (κ1) is 20.7. The number of aromatic carboxylic acids is 1. The molecule has 0 saturated carbocycles. The first-order chi connectivity index (χ1) is 15.0. The fourth-order valence-electron chi connectivity index (χ4n) is 3.33. The number of nitrogens with two attached hydrogens (primary N) is 1. The zero-order valence-corrected chi connectivity index (χ0v) is 17.4. The Bertz CT molecular complexity index is 1230. The zero-order valence-electron chi connectivity index (χ0n) is 16.6. The van der Waals surface area contributed by atoms with Crippen LogP contribution in [0.2, 0.25) is 0 Å². The molecule has 0 unspecified atom stereocenters. The van der Waals surface area contributed by atoms with Crippen LogP contribution in [-0.2, 0) is 13.1 Å². The predicted molar refractivity (Wildman–Crippen MR) is 121 cm³/mol. The number of carboxylic acid groups (broad SMARTS) is 1. The Morgan fingerprint density at radius 2 is 1.61 bits per heavy atom. The number of nitrogens with one attached hydrogen (secondary N) is 2. The highest BCUT2D eigenvalue weighted by molar-refractivity contribution is 7.99. The maximum atomic E-state index is 12.0. The van der Waals surface area contributed by atoms with Gasteiger partial charge in [0.2, 0.25) is 0 Å². The van der Waals surface area contributed by atoms with E-state index in [2.05, 4.69) is 10.3 Å². The fourth-order valence-corrected chi connectivity index (χ4v) is 4.40. The van der Waals surface area contributed by atoms with Crippen LogP contribution in [0.15, 0.2) is 82.6 Å². The third kappa shape index (κ3) is 4.79. The number of carboxylic acids is 1. The molecule has 0 radical (unpaired) electrons. The topological polar surface area (TPSA) is 108 Å². The van der Waals surface area contributed by atoms with E-state index in [9.17, 15) is 9.59 Å². The van der Waals surface area contributed by atoms with Gasteiger partial charge in [0.25, 0.3) is 5.91 Å². The summed E-state index contributed by atoms with van der Waals surface area (Å²) < 4.78 is 0. The second kappa shape index (κ2) is 9.07. The van der Waals surface area contributed by atoms with Crippen molar-refractivity contribution in [1.82, 2.24) is 10.3 Å². The Balaban J connectivity index is 1.50. The number of hydrogen-bond donors (Lipinski definition) is 4. The summed E-state index contributed by atoms with van der Waals surface area (Å²) in [7, 11) is 0. The maximum absolute atomic E-state index is 12.0. The van der Waals surface area contributed by atoms with Gasteiger partial charge in [-0.2, -0.15) is 0 Å². The van der Waals surface area contributed by atoms with E-state index < -0.39 is 11.9 Å². The lowest BCUT2D eigenvalue weighted by atomic mass is 10.1. The molecule has 1 amide bonds. The predicted octanol–water partition coefficient (Wildman–Crippen LogP) is 4.41. The maximum Gasteiger partial charge on any atom is 0.335 e. The van der Waals surface area contributed by atoms with Gasteiger partial charge in [-0.3, -0.25) is 4.79 Å². The number of amides is 1. The van der Waals surface area contributed by atoms with E-state index in [1.54, 1.807) is 24.3 Å². The van der Waals surface area contributed by atoms with Crippen molar-refractivity contribution in [2.75, 3.05) is 0 Å². The molecule has 4 rings (SSSR count). The SMILES string of the molecule is NC(=O)c1[nH]c2cc(CNCc3ccc(C(=O)O)cc3)ccc2c1Sc1ccccc1. The largest absolute Gasteiger partial charge is 0.478 e. The van der Waals surface area contributed by atoms with E-state index in [-0.39, 0.29) is 5.56 Å². The first-order valence-corrected chi connectivity index (χ1v) is 10.5. The second-order valence-electron chi connectivity index (χ2n) is 7.09. The molecule has 31 heavy (non-hydrogen) atoms. The third-order valence-electron chi connectivity index (χ3n) is 4.88. The van der Waals surface area contributed by atoms with Crippen molar-refractivity contribution in [3.8, 4) is 0 Å². The molecule has 3 aromatic carbocycles. The standard InChI is InChI=1S/C24H21N3O3S/c25-23(28)21-22(31-18-4-2-1-3-5-18)19-11-8-16(12-20(19)27-21)14-26-13-15-6-9-17(10-7-15)24(29)30/h1-12,26-27H,13-14H2,(H2,25,28)(H,29,30). The van der Waals surface area contributed by atoms with Crippen LogP contribution in [0.25, 0.3) is 10.9 Å². The number of benzene rings is 3. The quantitative estimate of drug-likeness (QED) is 0.331. The molecule has 0 saturated heterocycles. The average Bonchev–Trinajstić information content (AvgIpc) is 3.13. The number of hydrogen-bond acceptors (Lipinski definition) is 4. The highest BCUT2D eigenvalue weighted by Crippen LogP contribution is 2.36. The van der Waals surface area contributed by atoms with E-state index in [1.807, 2.05) is 48.5 Å². The van der Waals surface area contributed by atoms with Crippen molar-refractivity contribution in [2.45, 2.75) is 22.9 Å². The van der Waals surface area contributed by atoms with Gasteiger partial charge >= 0.3 is 5.97 Å². The lowest BCUT2D eigenvalue weighted by Gasteiger charge is -2.06. The van der Waals surface area contributed by atoms with Gasteiger partial charge in [-0.25, -0.2) is 4.79 Å². The third-order valence-corrected chi connectivity index (χ3v) is 6.02. The average molecular weight is 432 g/mol. The summed E-state index contributed by atoms with van der Waals surface area (Å²) in [6, 6.07) is 22.7. The molecule has 0 aliphatic rings. The number of rotatable bonds is 8. The monoisotopic (exact) mass is 431 g/mol. The van der Waals surface area contributed by atoms with Gasteiger partial charge < -0.3 is 21.1 Å². The van der Waals surface area contributed by atoms with Crippen LogP contribution < -0.4 is 11.1 Å². The minimum absolute atomic E-state index is 0.273. The molecule has 4 aromatic rings. The molecule has 0 aliphatic heterocycles. The van der Waals surface area contributed by atoms with Crippen molar-refractivity contribution in [3.63, 3.8) is 0 Å². The summed E-state index contributed by atoms with van der Waals surface area (Å²) >= 11 is 1.51. The molecule has 156 valence electrons. The Morgan fingerprint density at radius 1 is 0.935 bits per heavy atom. The molecule has 0 fully saturated rings. The molecule has 0 spiro atoms. The highest BCUT2D eigenvalue weighted by atomic mass is 32.2.